The Kier molecular flexibility index (Phi) is 4.68. The lowest BCUT2D eigenvalue weighted by Gasteiger charge is -2.12. The van der Waals surface area contributed by atoms with E-state index >= 15 is 0 Å². The van der Waals surface area contributed by atoms with E-state index in [1.807, 2.05) is 0 Å². The number of anilines is 1. The number of amides is 1. The third kappa shape index (κ3) is 3.62. The predicted octanol–water partition coefficient (Wildman–Crippen LogP) is 3.23. The molecule has 0 bridgehead atoms. The van der Waals surface area contributed by atoms with Crippen molar-refractivity contribution in [3.63, 3.8) is 0 Å². The van der Waals surface area contributed by atoms with Gasteiger partial charge in [-0.25, -0.2) is 4.98 Å². The van der Waals surface area contributed by atoms with Gasteiger partial charge in [0.2, 0.25) is 5.91 Å². The van der Waals surface area contributed by atoms with Crippen LogP contribution in [0, 0.1) is 0 Å². The maximum atomic E-state index is 12.0. The van der Waals surface area contributed by atoms with Gasteiger partial charge in [-0.05, 0) is 19.1 Å². The van der Waals surface area contributed by atoms with E-state index in [0.717, 1.165) is 0 Å². The van der Waals surface area contributed by atoms with Crippen molar-refractivity contribution < 1.29 is 4.79 Å². The number of nitrogens with zero attached hydrogens (tertiary/aromatic N) is 2. The van der Waals surface area contributed by atoms with Crippen LogP contribution in [0.5, 0.6) is 0 Å². The molecule has 1 amide bonds. The Labute approximate surface area is 124 Å². The molecule has 0 spiro atoms. The Balaban J connectivity index is 2.02. The maximum Gasteiger partial charge on any atom is 0.237 e. The highest BCUT2D eigenvalue weighted by molar-refractivity contribution is 8.00. The molecule has 0 radical (unpaired) electrons. The van der Waals surface area contributed by atoms with E-state index in [9.17, 15) is 4.79 Å². The van der Waals surface area contributed by atoms with Gasteiger partial charge in [0.05, 0.1) is 21.0 Å². The number of benzene rings is 1. The van der Waals surface area contributed by atoms with Crippen molar-refractivity contribution >= 4 is 46.6 Å². The summed E-state index contributed by atoms with van der Waals surface area (Å²) in [5.41, 5.74) is 0.490. The van der Waals surface area contributed by atoms with Gasteiger partial charge in [-0.1, -0.05) is 41.0 Å². The van der Waals surface area contributed by atoms with Gasteiger partial charge in [0, 0.05) is 0 Å². The Morgan fingerprint density at radius 3 is 2.95 bits per heavy atom. The van der Waals surface area contributed by atoms with Gasteiger partial charge in [-0.2, -0.15) is 5.10 Å². The van der Waals surface area contributed by atoms with E-state index in [2.05, 4.69) is 20.5 Å². The van der Waals surface area contributed by atoms with E-state index in [0.29, 0.717) is 20.9 Å². The Morgan fingerprint density at radius 2 is 2.26 bits per heavy atom. The van der Waals surface area contributed by atoms with Crippen LogP contribution in [-0.4, -0.2) is 26.3 Å². The van der Waals surface area contributed by atoms with Crippen molar-refractivity contribution in [3.8, 4) is 0 Å². The highest BCUT2D eigenvalue weighted by Gasteiger charge is 2.17. The number of H-pyrrole nitrogens is 1. The number of rotatable bonds is 4. The van der Waals surface area contributed by atoms with Crippen LogP contribution >= 0.6 is 35.0 Å². The van der Waals surface area contributed by atoms with Gasteiger partial charge in [0.1, 0.15) is 6.33 Å². The molecule has 19 heavy (non-hydrogen) atoms. The molecular formula is C11H10Cl2N4OS. The number of halogens is 2. The van der Waals surface area contributed by atoms with Crippen LogP contribution in [0.3, 0.4) is 0 Å². The van der Waals surface area contributed by atoms with E-state index in [1.54, 1.807) is 25.1 Å². The Bertz CT molecular complexity index is 576. The second kappa shape index (κ2) is 6.27. The highest BCUT2D eigenvalue weighted by Crippen LogP contribution is 2.30. The SMILES string of the molecule is C[C@@H](Sc1ncn[nH]1)C(=O)Nc1cccc(Cl)c1Cl. The summed E-state index contributed by atoms with van der Waals surface area (Å²) >= 11 is 13.2. The zero-order chi connectivity index (χ0) is 13.8. The number of hydrogen-bond acceptors (Lipinski definition) is 4. The first-order chi connectivity index (χ1) is 9.08. The van der Waals surface area contributed by atoms with Gasteiger partial charge >= 0.3 is 0 Å². The zero-order valence-electron chi connectivity index (χ0n) is 9.85. The first-order valence-corrected chi connectivity index (χ1v) is 6.98. The van der Waals surface area contributed by atoms with Gasteiger partial charge in [-0.15, -0.1) is 0 Å². The minimum Gasteiger partial charge on any atom is -0.324 e. The predicted molar refractivity (Wildman–Crippen MR) is 76.8 cm³/mol. The summed E-state index contributed by atoms with van der Waals surface area (Å²) in [5.74, 6) is -0.189. The summed E-state index contributed by atoms with van der Waals surface area (Å²) in [5, 5.41) is 10.1. The van der Waals surface area contributed by atoms with Crippen LogP contribution in [0.25, 0.3) is 0 Å². The van der Waals surface area contributed by atoms with Gasteiger partial charge < -0.3 is 5.32 Å². The molecule has 1 aromatic carbocycles. The highest BCUT2D eigenvalue weighted by atomic mass is 35.5. The van der Waals surface area contributed by atoms with Crippen LogP contribution < -0.4 is 5.32 Å². The summed E-state index contributed by atoms with van der Waals surface area (Å²) in [7, 11) is 0. The van der Waals surface area contributed by atoms with Crippen molar-refractivity contribution in [2.24, 2.45) is 0 Å². The molecule has 2 N–H and O–H groups in total. The van der Waals surface area contributed by atoms with E-state index in [4.69, 9.17) is 23.2 Å². The molecule has 0 saturated carbocycles. The molecule has 5 nitrogen and oxygen atoms in total. The van der Waals surface area contributed by atoms with Crippen LogP contribution in [0.4, 0.5) is 5.69 Å². The molecule has 100 valence electrons. The molecule has 2 aromatic rings. The fraction of sp³-hybridized carbons (Fsp3) is 0.182. The lowest BCUT2D eigenvalue weighted by atomic mass is 10.3. The monoisotopic (exact) mass is 316 g/mol. The third-order valence-electron chi connectivity index (χ3n) is 2.26. The first-order valence-electron chi connectivity index (χ1n) is 5.35. The maximum absolute atomic E-state index is 12.0. The normalized spacial score (nSPS) is 12.2. The average molecular weight is 317 g/mol. The first kappa shape index (κ1) is 14.2. The number of carbonyl (C=O) groups is 1. The molecule has 2 rings (SSSR count). The average Bonchev–Trinajstić information content (AvgIpc) is 2.87. The molecule has 0 aliphatic carbocycles. The molecule has 0 unspecified atom stereocenters. The fourth-order valence-corrected chi connectivity index (χ4v) is 2.37. The van der Waals surface area contributed by atoms with Gasteiger partial charge in [-0.3, -0.25) is 9.89 Å². The molecular weight excluding hydrogens is 307 g/mol. The second-order valence-corrected chi connectivity index (χ2v) is 5.76. The Morgan fingerprint density at radius 1 is 1.47 bits per heavy atom. The van der Waals surface area contributed by atoms with Crippen molar-refractivity contribution in [1.29, 1.82) is 0 Å². The summed E-state index contributed by atoms with van der Waals surface area (Å²) in [6.45, 7) is 1.76. The van der Waals surface area contributed by atoms with Crippen LogP contribution in [0.2, 0.25) is 10.0 Å². The quantitative estimate of drug-likeness (QED) is 0.849. The van der Waals surface area contributed by atoms with Crippen molar-refractivity contribution in [1.82, 2.24) is 15.2 Å². The zero-order valence-corrected chi connectivity index (χ0v) is 12.2. The van der Waals surface area contributed by atoms with E-state index in [1.165, 1.54) is 18.1 Å². The van der Waals surface area contributed by atoms with Crippen LogP contribution in [-0.2, 0) is 4.79 Å². The largest absolute Gasteiger partial charge is 0.324 e. The fourth-order valence-electron chi connectivity index (χ4n) is 1.31. The minimum atomic E-state index is -0.344. The lowest BCUT2D eigenvalue weighted by Crippen LogP contribution is -2.22. The number of hydrogen-bond donors (Lipinski definition) is 2. The molecule has 0 aliphatic heterocycles. The summed E-state index contributed by atoms with van der Waals surface area (Å²) in [6, 6.07) is 5.07. The Hall–Kier alpha value is -1.24. The van der Waals surface area contributed by atoms with Gasteiger partial charge in [0.25, 0.3) is 0 Å². The standard InChI is InChI=1S/C11H10Cl2N4OS/c1-6(19-11-14-5-15-17-11)10(18)16-8-4-2-3-7(12)9(8)13/h2-6H,1H3,(H,16,18)(H,14,15,17)/t6-/m1/s1. The third-order valence-corrected chi connectivity index (χ3v) is 4.07. The molecule has 1 aromatic heterocycles. The molecule has 8 heteroatoms. The molecule has 0 aliphatic rings. The summed E-state index contributed by atoms with van der Waals surface area (Å²) < 4.78 is 0. The summed E-state index contributed by atoms with van der Waals surface area (Å²) in [4.78, 5) is 16.0. The number of nitrogens with one attached hydrogen (secondary N) is 2. The number of aromatic nitrogens is 3. The minimum absolute atomic E-state index is 0.189. The molecule has 0 fully saturated rings. The van der Waals surface area contributed by atoms with E-state index < -0.39 is 0 Å². The van der Waals surface area contributed by atoms with Crippen LogP contribution in [0.15, 0.2) is 29.7 Å². The van der Waals surface area contributed by atoms with Crippen LogP contribution in [0.1, 0.15) is 6.92 Å². The smallest absolute Gasteiger partial charge is 0.237 e. The molecule has 0 saturated heterocycles. The van der Waals surface area contributed by atoms with Gasteiger partial charge in [0.15, 0.2) is 5.16 Å². The van der Waals surface area contributed by atoms with E-state index in [-0.39, 0.29) is 11.2 Å². The topological polar surface area (TPSA) is 70.7 Å². The second-order valence-electron chi connectivity index (χ2n) is 3.64. The van der Waals surface area contributed by atoms with Crippen molar-refractivity contribution in [2.75, 3.05) is 5.32 Å². The summed E-state index contributed by atoms with van der Waals surface area (Å²) in [6.07, 6.45) is 1.39. The van der Waals surface area contributed by atoms with Crippen molar-refractivity contribution in [3.05, 3.63) is 34.6 Å². The molecule has 1 heterocycles. The van der Waals surface area contributed by atoms with Crippen molar-refractivity contribution in [2.45, 2.75) is 17.3 Å². The number of thioether (sulfide) groups is 1. The molecule has 1 atom stereocenters. The number of aromatic amines is 1. The lowest BCUT2D eigenvalue weighted by molar-refractivity contribution is -0.115. The number of carbonyl (C=O) groups excluding carboxylic acids is 1.